The summed E-state index contributed by atoms with van der Waals surface area (Å²) in [7, 11) is 1.63. The Morgan fingerprint density at radius 2 is 1.81 bits per heavy atom. The molecule has 1 aliphatic rings. The van der Waals surface area contributed by atoms with Gasteiger partial charge in [0.05, 0.1) is 23.3 Å². The molecular weight excluding hydrogens is 478 g/mol. The first-order valence-electron chi connectivity index (χ1n) is 12.0. The summed E-state index contributed by atoms with van der Waals surface area (Å²) in [4.78, 5) is 38.7. The molecule has 0 radical (unpaired) electrons. The molecule has 1 fully saturated rings. The first-order valence-corrected chi connectivity index (χ1v) is 13.0. The molecule has 9 nitrogen and oxygen atoms in total. The first-order chi connectivity index (χ1) is 17.5. The first kappa shape index (κ1) is 24.1. The quantitative estimate of drug-likeness (QED) is 0.288. The van der Waals surface area contributed by atoms with Gasteiger partial charge in [-0.3, -0.25) is 23.4 Å². The van der Waals surface area contributed by atoms with E-state index in [9.17, 15) is 14.4 Å². The van der Waals surface area contributed by atoms with Crippen molar-refractivity contribution in [2.75, 3.05) is 12.4 Å². The Kier molecular flexibility index (Phi) is 6.77. The predicted molar refractivity (Wildman–Crippen MR) is 138 cm³/mol. The molecule has 0 aliphatic heterocycles. The van der Waals surface area contributed by atoms with Crippen molar-refractivity contribution in [1.82, 2.24) is 24.5 Å². The highest BCUT2D eigenvalue weighted by molar-refractivity contribution is 7.99. The smallest absolute Gasteiger partial charge is 0.262 e. The van der Waals surface area contributed by atoms with Gasteiger partial charge in [0.1, 0.15) is 5.75 Å². The van der Waals surface area contributed by atoms with Gasteiger partial charge in [0.25, 0.3) is 11.5 Å². The fourth-order valence-electron chi connectivity index (χ4n) is 4.55. The van der Waals surface area contributed by atoms with Crippen LogP contribution in [0, 0.1) is 0 Å². The summed E-state index contributed by atoms with van der Waals surface area (Å²) in [5.74, 6) is 0.972. The van der Waals surface area contributed by atoms with Crippen molar-refractivity contribution >= 4 is 40.1 Å². The van der Waals surface area contributed by atoms with Crippen molar-refractivity contribution < 1.29 is 14.3 Å². The molecule has 0 atom stereocenters. The molecule has 36 heavy (non-hydrogen) atoms. The minimum absolute atomic E-state index is 0.0643. The van der Waals surface area contributed by atoms with Gasteiger partial charge in [0.15, 0.2) is 10.9 Å². The molecule has 5 rings (SSSR count). The average Bonchev–Trinajstić information content (AvgIpc) is 3.56. The molecule has 10 heteroatoms. The van der Waals surface area contributed by atoms with Crippen LogP contribution in [0.3, 0.4) is 0 Å². The Labute approximate surface area is 211 Å². The molecule has 0 spiro atoms. The van der Waals surface area contributed by atoms with Crippen LogP contribution in [-0.4, -0.2) is 49.3 Å². The van der Waals surface area contributed by atoms with Crippen LogP contribution in [0.5, 0.6) is 5.75 Å². The van der Waals surface area contributed by atoms with E-state index in [4.69, 9.17) is 4.74 Å². The lowest BCUT2D eigenvalue weighted by atomic mass is 10.1. The third-order valence-electron chi connectivity index (χ3n) is 6.46. The fourth-order valence-corrected chi connectivity index (χ4v) is 5.38. The molecule has 0 bridgehead atoms. The number of aromatic nitrogens is 4. The van der Waals surface area contributed by atoms with Crippen LogP contribution in [0.4, 0.5) is 0 Å². The number of thioether (sulfide) groups is 1. The van der Waals surface area contributed by atoms with Crippen molar-refractivity contribution in [3.05, 3.63) is 63.9 Å². The SMILES string of the molecule is CCOc1ccc(C(=O)CSc2nnc3n(C)c(=O)c4ccc(C(=O)NC5CCCC5)cc4n23)cc1. The molecule has 2 aromatic heterocycles. The van der Waals surface area contributed by atoms with Gasteiger partial charge in [-0.2, -0.15) is 0 Å². The van der Waals surface area contributed by atoms with E-state index >= 15 is 0 Å². The number of hydrogen-bond acceptors (Lipinski definition) is 7. The molecular formula is C26H27N5O4S. The van der Waals surface area contributed by atoms with Crippen LogP contribution < -0.4 is 15.6 Å². The van der Waals surface area contributed by atoms with Gasteiger partial charge in [-0.05, 0) is 62.2 Å². The van der Waals surface area contributed by atoms with E-state index in [1.807, 2.05) is 6.92 Å². The van der Waals surface area contributed by atoms with Gasteiger partial charge in [0.2, 0.25) is 5.78 Å². The number of Topliss-reactive ketones (excluding diaryl/α,β-unsaturated/α-hetero) is 1. The second-order valence-corrected chi connectivity index (χ2v) is 9.78. The fraction of sp³-hybridized carbons (Fsp3) is 0.346. The molecule has 2 heterocycles. The molecule has 2 aromatic carbocycles. The molecule has 1 aliphatic carbocycles. The third-order valence-corrected chi connectivity index (χ3v) is 7.39. The van der Waals surface area contributed by atoms with Crippen molar-refractivity contribution in [3.63, 3.8) is 0 Å². The summed E-state index contributed by atoms with van der Waals surface area (Å²) < 4.78 is 8.60. The minimum Gasteiger partial charge on any atom is -0.494 e. The van der Waals surface area contributed by atoms with Crippen molar-refractivity contribution in [1.29, 1.82) is 0 Å². The second kappa shape index (κ2) is 10.1. The predicted octanol–water partition coefficient (Wildman–Crippen LogP) is 3.63. The standard InChI is InChI=1S/C26H27N5O4S/c1-3-35-19-11-8-16(9-12-19)22(32)15-36-26-29-28-25-30(2)24(34)20-13-10-17(14-21(20)31(25)26)23(33)27-18-6-4-5-7-18/h8-14,18H,3-7,15H2,1-2H3,(H,27,33). The van der Waals surface area contributed by atoms with Crippen molar-refractivity contribution in [2.24, 2.45) is 7.05 Å². The number of carbonyl (C=O) groups excluding carboxylic acids is 2. The van der Waals surface area contributed by atoms with E-state index < -0.39 is 0 Å². The molecule has 4 aromatic rings. The van der Waals surface area contributed by atoms with Gasteiger partial charge in [-0.15, -0.1) is 10.2 Å². The van der Waals surface area contributed by atoms with Gasteiger partial charge in [-0.1, -0.05) is 24.6 Å². The lowest BCUT2D eigenvalue weighted by molar-refractivity contribution is 0.0937. The van der Waals surface area contributed by atoms with E-state index in [1.54, 1.807) is 53.9 Å². The molecule has 0 unspecified atom stereocenters. The summed E-state index contributed by atoms with van der Waals surface area (Å²) in [6.45, 7) is 2.46. The molecule has 186 valence electrons. The van der Waals surface area contributed by atoms with E-state index in [-0.39, 0.29) is 29.0 Å². The average molecular weight is 506 g/mol. The number of rotatable bonds is 8. The number of ether oxygens (including phenoxy) is 1. The molecule has 0 saturated heterocycles. The van der Waals surface area contributed by atoms with Crippen LogP contribution in [0.2, 0.25) is 0 Å². The van der Waals surface area contributed by atoms with E-state index in [2.05, 4.69) is 15.5 Å². The Balaban J connectivity index is 1.46. The van der Waals surface area contributed by atoms with E-state index in [0.29, 0.717) is 45.3 Å². The van der Waals surface area contributed by atoms with E-state index in [0.717, 1.165) is 25.7 Å². The zero-order valence-corrected chi connectivity index (χ0v) is 21.0. The lowest BCUT2D eigenvalue weighted by Gasteiger charge is -2.13. The zero-order chi connectivity index (χ0) is 25.2. The summed E-state index contributed by atoms with van der Waals surface area (Å²) in [6.07, 6.45) is 4.21. The summed E-state index contributed by atoms with van der Waals surface area (Å²) >= 11 is 1.24. The minimum atomic E-state index is -0.227. The molecule has 1 saturated carbocycles. The maximum Gasteiger partial charge on any atom is 0.262 e. The molecule has 1 amide bonds. The number of carbonyl (C=O) groups is 2. The Hall–Kier alpha value is -3.66. The number of hydrogen-bond donors (Lipinski definition) is 1. The number of fused-ring (bicyclic) bond motifs is 3. The summed E-state index contributed by atoms with van der Waals surface area (Å²) in [6, 6.07) is 12.3. The number of nitrogens with zero attached hydrogens (tertiary/aromatic N) is 4. The molecule has 1 N–H and O–H groups in total. The monoisotopic (exact) mass is 505 g/mol. The number of nitrogens with one attached hydrogen (secondary N) is 1. The highest BCUT2D eigenvalue weighted by atomic mass is 32.2. The lowest BCUT2D eigenvalue weighted by Crippen LogP contribution is -2.32. The van der Waals surface area contributed by atoms with E-state index in [1.165, 1.54) is 16.3 Å². The highest BCUT2D eigenvalue weighted by Crippen LogP contribution is 2.24. The Morgan fingerprint density at radius 3 is 2.53 bits per heavy atom. The van der Waals surface area contributed by atoms with Gasteiger partial charge >= 0.3 is 0 Å². The van der Waals surface area contributed by atoms with Crippen LogP contribution in [0.1, 0.15) is 53.3 Å². The zero-order valence-electron chi connectivity index (χ0n) is 20.2. The van der Waals surface area contributed by atoms with Gasteiger partial charge < -0.3 is 10.1 Å². The number of aryl methyl sites for hydroxylation is 1. The maximum atomic E-state index is 12.9. The second-order valence-electron chi connectivity index (χ2n) is 8.84. The highest BCUT2D eigenvalue weighted by Gasteiger charge is 2.21. The van der Waals surface area contributed by atoms with Crippen LogP contribution in [0.15, 0.2) is 52.4 Å². The van der Waals surface area contributed by atoms with Crippen LogP contribution in [-0.2, 0) is 7.05 Å². The van der Waals surface area contributed by atoms with Crippen LogP contribution >= 0.6 is 11.8 Å². The number of amides is 1. The van der Waals surface area contributed by atoms with Crippen molar-refractivity contribution in [2.45, 2.75) is 43.8 Å². The van der Waals surface area contributed by atoms with Crippen molar-refractivity contribution in [3.8, 4) is 5.75 Å². The third kappa shape index (κ3) is 4.60. The van der Waals surface area contributed by atoms with Gasteiger partial charge in [-0.25, -0.2) is 0 Å². The largest absolute Gasteiger partial charge is 0.494 e. The Morgan fingerprint density at radius 1 is 1.08 bits per heavy atom. The number of benzene rings is 2. The normalized spacial score (nSPS) is 13.9. The Bertz CT molecular complexity index is 1500. The van der Waals surface area contributed by atoms with Crippen LogP contribution in [0.25, 0.3) is 16.7 Å². The summed E-state index contributed by atoms with van der Waals surface area (Å²) in [5, 5.41) is 12.5. The maximum absolute atomic E-state index is 12.9. The summed E-state index contributed by atoms with van der Waals surface area (Å²) in [5.41, 5.74) is 1.35. The number of ketones is 1. The van der Waals surface area contributed by atoms with Gasteiger partial charge in [0, 0.05) is 24.2 Å². The topological polar surface area (TPSA) is 108 Å².